The SMILES string of the molecule is CCc1ccc(N)cc1S(=O)(=O)NCCCNS(C)(=O)=O. The lowest BCUT2D eigenvalue weighted by atomic mass is 10.1. The fraction of sp³-hybridized carbons (Fsp3) is 0.500. The van der Waals surface area contributed by atoms with Gasteiger partial charge in [-0.1, -0.05) is 13.0 Å². The number of hydrogen-bond donors (Lipinski definition) is 3. The first-order chi connectivity index (χ1) is 9.65. The average Bonchev–Trinajstić information content (AvgIpc) is 2.36. The first kappa shape index (κ1) is 17.9. The third-order valence-corrected chi connectivity index (χ3v) is 5.04. The quantitative estimate of drug-likeness (QED) is 0.458. The van der Waals surface area contributed by atoms with Crippen molar-refractivity contribution in [3.8, 4) is 0 Å². The van der Waals surface area contributed by atoms with Crippen LogP contribution in [0.15, 0.2) is 23.1 Å². The van der Waals surface area contributed by atoms with Crippen molar-refractivity contribution < 1.29 is 16.8 Å². The number of aryl methyl sites for hydroxylation is 1. The third-order valence-electron chi connectivity index (χ3n) is 2.77. The van der Waals surface area contributed by atoms with Crippen molar-refractivity contribution in [2.75, 3.05) is 25.1 Å². The Morgan fingerprint density at radius 2 is 1.71 bits per heavy atom. The maximum absolute atomic E-state index is 12.2. The largest absolute Gasteiger partial charge is 0.399 e. The van der Waals surface area contributed by atoms with Gasteiger partial charge in [-0.15, -0.1) is 0 Å². The van der Waals surface area contributed by atoms with Crippen LogP contribution in [0.1, 0.15) is 18.9 Å². The molecule has 0 aromatic heterocycles. The topological polar surface area (TPSA) is 118 Å². The lowest BCUT2D eigenvalue weighted by molar-refractivity contribution is 0.574. The van der Waals surface area contributed by atoms with Crippen molar-refractivity contribution in [3.63, 3.8) is 0 Å². The zero-order chi connectivity index (χ0) is 16.1. The zero-order valence-corrected chi connectivity index (χ0v) is 13.7. The van der Waals surface area contributed by atoms with Crippen molar-refractivity contribution in [1.82, 2.24) is 9.44 Å². The summed E-state index contributed by atoms with van der Waals surface area (Å²) in [6.07, 6.45) is 1.99. The zero-order valence-electron chi connectivity index (χ0n) is 12.1. The van der Waals surface area contributed by atoms with Crippen LogP contribution in [0.25, 0.3) is 0 Å². The van der Waals surface area contributed by atoms with Crippen LogP contribution < -0.4 is 15.2 Å². The van der Waals surface area contributed by atoms with E-state index in [1.54, 1.807) is 12.1 Å². The summed E-state index contributed by atoms with van der Waals surface area (Å²) in [5, 5.41) is 0. The molecule has 0 bridgehead atoms. The molecule has 1 rings (SSSR count). The van der Waals surface area contributed by atoms with Gasteiger partial charge >= 0.3 is 0 Å². The van der Waals surface area contributed by atoms with Gasteiger partial charge in [-0.3, -0.25) is 0 Å². The fourth-order valence-corrected chi connectivity index (χ4v) is 3.68. The Labute approximate surface area is 126 Å². The second-order valence-electron chi connectivity index (χ2n) is 4.64. The van der Waals surface area contributed by atoms with E-state index in [4.69, 9.17) is 5.73 Å². The van der Waals surface area contributed by atoms with Crippen LogP contribution in [0.2, 0.25) is 0 Å². The first-order valence-corrected chi connectivity index (χ1v) is 9.86. The molecule has 0 fully saturated rings. The van der Waals surface area contributed by atoms with Crippen molar-refractivity contribution in [3.05, 3.63) is 23.8 Å². The smallest absolute Gasteiger partial charge is 0.240 e. The Hall–Kier alpha value is -1.16. The molecular formula is C12H21N3O4S2. The highest BCUT2D eigenvalue weighted by Crippen LogP contribution is 2.19. The molecule has 7 nitrogen and oxygen atoms in total. The molecule has 0 aliphatic heterocycles. The predicted molar refractivity (Wildman–Crippen MR) is 82.9 cm³/mol. The summed E-state index contributed by atoms with van der Waals surface area (Å²) in [6, 6.07) is 4.78. The van der Waals surface area contributed by atoms with Crippen LogP contribution in [0, 0.1) is 0 Å². The van der Waals surface area contributed by atoms with E-state index in [-0.39, 0.29) is 18.0 Å². The molecule has 0 saturated carbocycles. The van der Waals surface area contributed by atoms with Gasteiger partial charge in [0, 0.05) is 18.8 Å². The molecule has 0 spiro atoms. The van der Waals surface area contributed by atoms with Crippen molar-refractivity contribution >= 4 is 25.7 Å². The number of sulfonamides is 2. The Balaban J connectivity index is 2.68. The summed E-state index contributed by atoms with van der Waals surface area (Å²) in [6.45, 7) is 2.18. The van der Waals surface area contributed by atoms with Crippen LogP contribution in [0.4, 0.5) is 5.69 Å². The highest BCUT2D eigenvalue weighted by atomic mass is 32.2. The number of nitrogens with two attached hydrogens (primary N) is 1. The van der Waals surface area contributed by atoms with E-state index >= 15 is 0 Å². The minimum absolute atomic E-state index is 0.142. The van der Waals surface area contributed by atoms with Gasteiger partial charge in [-0.05, 0) is 30.5 Å². The molecule has 1 aromatic rings. The van der Waals surface area contributed by atoms with Gasteiger partial charge in [0.2, 0.25) is 20.0 Å². The molecule has 0 amide bonds. The monoisotopic (exact) mass is 335 g/mol. The van der Waals surface area contributed by atoms with E-state index in [0.29, 0.717) is 24.1 Å². The lowest BCUT2D eigenvalue weighted by Gasteiger charge is -2.11. The normalized spacial score (nSPS) is 12.5. The van der Waals surface area contributed by atoms with Crippen molar-refractivity contribution in [2.45, 2.75) is 24.7 Å². The standard InChI is InChI=1S/C12H21N3O4S2/c1-3-10-5-6-11(13)9-12(10)21(18,19)15-8-4-7-14-20(2,16)17/h5-6,9,14-15H,3-4,7-8,13H2,1-2H3. The van der Waals surface area contributed by atoms with Crippen molar-refractivity contribution in [2.24, 2.45) is 0 Å². The molecular weight excluding hydrogens is 314 g/mol. The van der Waals surface area contributed by atoms with E-state index in [1.807, 2.05) is 6.92 Å². The Morgan fingerprint density at radius 3 is 2.29 bits per heavy atom. The van der Waals surface area contributed by atoms with Crippen LogP contribution in [-0.2, 0) is 26.5 Å². The Morgan fingerprint density at radius 1 is 1.10 bits per heavy atom. The Kier molecular flexibility index (Phi) is 6.14. The average molecular weight is 335 g/mol. The molecule has 0 aliphatic rings. The summed E-state index contributed by atoms with van der Waals surface area (Å²) >= 11 is 0. The molecule has 9 heteroatoms. The molecule has 1 aromatic carbocycles. The number of anilines is 1. The summed E-state index contributed by atoms with van der Waals surface area (Å²) < 4.78 is 50.9. The van der Waals surface area contributed by atoms with Crippen LogP contribution in [-0.4, -0.2) is 36.2 Å². The summed E-state index contributed by atoms with van der Waals surface area (Å²) in [4.78, 5) is 0.168. The number of benzene rings is 1. The van der Waals surface area contributed by atoms with Crippen LogP contribution >= 0.6 is 0 Å². The van der Waals surface area contributed by atoms with Crippen molar-refractivity contribution in [1.29, 1.82) is 0 Å². The highest BCUT2D eigenvalue weighted by Gasteiger charge is 2.17. The van der Waals surface area contributed by atoms with E-state index in [0.717, 1.165) is 6.26 Å². The second-order valence-corrected chi connectivity index (χ2v) is 8.21. The van der Waals surface area contributed by atoms with Gasteiger partial charge in [0.15, 0.2) is 0 Å². The predicted octanol–water partition coefficient (Wildman–Crippen LogP) is 0.0488. The first-order valence-electron chi connectivity index (χ1n) is 6.48. The maximum atomic E-state index is 12.2. The second kappa shape index (κ2) is 7.21. The van der Waals surface area contributed by atoms with Gasteiger partial charge in [-0.25, -0.2) is 26.3 Å². The Bertz CT molecular complexity index is 684. The highest BCUT2D eigenvalue weighted by molar-refractivity contribution is 7.89. The van der Waals surface area contributed by atoms with Gasteiger partial charge in [0.25, 0.3) is 0 Å². The summed E-state index contributed by atoms with van der Waals surface area (Å²) in [7, 11) is -6.90. The minimum atomic E-state index is -3.65. The molecule has 120 valence electrons. The molecule has 0 aliphatic carbocycles. The summed E-state index contributed by atoms with van der Waals surface area (Å²) in [5.41, 5.74) is 6.70. The van der Waals surface area contributed by atoms with Gasteiger partial charge in [-0.2, -0.15) is 0 Å². The molecule has 0 saturated heterocycles. The number of nitrogens with one attached hydrogen (secondary N) is 2. The van der Waals surface area contributed by atoms with E-state index in [9.17, 15) is 16.8 Å². The van der Waals surface area contributed by atoms with Crippen LogP contribution in [0.3, 0.4) is 0 Å². The lowest BCUT2D eigenvalue weighted by Crippen LogP contribution is -2.30. The third kappa shape index (κ3) is 6.00. The molecule has 0 radical (unpaired) electrons. The van der Waals surface area contributed by atoms with Gasteiger partial charge in [0.05, 0.1) is 11.2 Å². The number of hydrogen-bond acceptors (Lipinski definition) is 5. The molecule has 0 heterocycles. The van der Waals surface area contributed by atoms with E-state index in [1.165, 1.54) is 6.07 Å². The number of nitrogen functional groups attached to an aromatic ring is 1. The number of rotatable bonds is 8. The van der Waals surface area contributed by atoms with Crippen LogP contribution in [0.5, 0.6) is 0 Å². The van der Waals surface area contributed by atoms with E-state index in [2.05, 4.69) is 9.44 Å². The molecule has 21 heavy (non-hydrogen) atoms. The minimum Gasteiger partial charge on any atom is -0.399 e. The summed E-state index contributed by atoms with van der Waals surface area (Å²) in [5.74, 6) is 0. The maximum Gasteiger partial charge on any atom is 0.240 e. The van der Waals surface area contributed by atoms with Gasteiger partial charge < -0.3 is 5.73 Å². The molecule has 0 atom stereocenters. The van der Waals surface area contributed by atoms with Gasteiger partial charge in [0.1, 0.15) is 0 Å². The molecule has 0 unspecified atom stereocenters. The molecule has 4 N–H and O–H groups in total. The van der Waals surface area contributed by atoms with E-state index < -0.39 is 20.0 Å². The fourth-order valence-electron chi connectivity index (χ4n) is 1.74.